The maximum Gasteiger partial charge on any atom is 0.258 e. The molecule has 5 heteroatoms. The number of rotatable bonds is 6. The van der Waals surface area contributed by atoms with Gasteiger partial charge >= 0.3 is 0 Å². The molecule has 134 valence electrons. The molecule has 0 unspecified atom stereocenters. The van der Waals surface area contributed by atoms with E-state index in [0.29, 0.717) is 10.8 Å². The molecule has 0 radical (unpaired) electrons. The summed E-state index contributed by atoms with van der Waals surface area (Å²) in [5, 5.41) is 5.63. The summed E-state index contributed by atoms with van der Waals surface area (Å²) >= 11 is 5.99. The maximum atomic E-state index is 12.2. The lowest BCUT2D eigenvalue weighted by atomic mass is 10.1. The van der Waals surface area contributed by atoms with Crippen molar-refractivity contribution in [1.82, 2.24) is 5.32 Å². The van der Waals surface area contributed by atoms with Crippen LogP contribution in [0, 0.1) is 0 Å². The molecule has 0 heterocycles. The average Bonchev–Trinajstić information content (AvgIpc) is 2.65. The van der Waals surface area contributed by atoms with Gasteiger partial charge in [-0.1, -0.05) is 35.9 Å². The van der Waals surface area contributed by atoms with E-state index in [1.807, 2.05) is 61.5 Å². The highest BCUT2D eigenvalue weighted by Crippen LogP contribution is 2.25. The molecule has 1 amide bonds. The lowest BCUT2D eigenvalue weighted by Crippen LogP contribution is -2.31. The molecule has 3 aromatic rings. The lowest BCUT2D eigenvalue weighted by molar-refractivity contribution is -0.123. The minimum atomic E-state index is -0.191. The number of nitrogens with one attached hydrogen (secondary N) is 1. The SMILES string of the molecule is COc1ccc2ccc(OCC(=O)N[C@@H](C)c3cccc(Cl)c3)cc2c1. The highest BCUT2D eigenvalue weighted by Gasteiger charge is 2.10. The van der Waals surface area contributed by atoms with Gasteiger partial charge in [0.15, 0.2) is 6.61 Å². The van der Waals surface area contributed by atoms with Crippen LogP contribution in [0.2, 0.25) is 5.02 Å². The minimum absolute atomic E-state index is 0.0552. The van der Waals surface area contributed by atoms with Gasteiger partial charge in [-0.05, 0) is 59.7 Å². The third kappa shape index (κ3) is 4.46. The van der Waals surface area contributed by atoms with Gasteiger partial charge in [-0.2, -0.15) is 0 Å². The fourth-order valence-corrected chi connectivity index (χ4v) is 2.91. The van der Waals surface area contributed by atoms with Crippen molar-refractivity contribution in [3.8, 4) is 11.5 Å². The van der Waals surface area contributed by atoms with Crippen molar-refractivity contribution in [2.45, 2.75) is 13.0 Å². The monoisotopic (exact) mass is 369 g/mol. The molecule has 0 aliphatic carbocycles. The summed E-state index contributed by atoms with van der Waals surface area (Å²) in [6, 6.07) is 18.8. The molecule has 0 aromatic heterocycles. The standard InChI is InChI=1S/C21H20ClNO3/c1-14(16-4-3-5-18(22)10-16)23-21(24)13-26-20-9-7-15-6-8-19(25-2)11-17(15)12-20/h3-12,14H,13H2,1-2H3,(H,23,24)/t14-/m0/s1. The molecule has 0 spiro atoms. The number of methoxy groups -OCH3 is 1. The Kier molecular flexibility index (Phi) is 5.64. The second kappa shape index (κ2) is 8.11. The summed E-state index contributed by atoms with van der Waals surface area (Å²) in [5.74, 6) is 1.22. The van der Waals surface area contributed by atoms with E-state index in [0.717, 1.165) is 22.1 Å². The molecule has 0 saturated carbocycles. The Hall–Kier alpha value is -2.72. The summed E-state index contributed by atoms with van der Waals surface area (Å²) < 4.78 is 10.9. The summed E-state index contributed by atoms with van der Waals surface area (Å²) in [4.78, 5) is 12.2. The number of amides is 1. The second-order valence-electron chi connectivity index (χ2n) is 6.01. The minimum Gasteiger partial charge on any atom is -0.497 e. The van der Waals surface area contributed by atoms with Gasteiger partial charge in [0, 0.05) is 5.02 Å². The molecule has 0 aliphatic rings. The molecular weight excluding hydrogens is 350 g/mol. The quantitative estimate of drug-likeness (QED) is 0.681. The van der Waals surface area contributed by atoms with Gasteiger partial charge in [0.1, 0.15) is 11.5 Å². The van der Waals surface area contributed by atoms with Gasteiger partial charge in [0.25, 0.3) is 5.91 Å². The van der Waals surface area contributed by atoms with Crippen LogP contribution in [0.1, 0.15) is 18.5 Å². The van der Waals surface area contributed by atoms with Crippen molar-refractivity contribution in [2.24, 2.45) is 0 Å². The van der Waals surface area contributed by atoms with Crippen LogP contribution in [-0.4, -0.2) is 19.6 Å². The van der Waals surface area contributed by atoms with Crippen LogP contribution in [0.15, 0.2) is 60.7 Å². The van der Waals surface area contributed by atoms with Gasteiger partial charge in [-0.25, -0.2) is 0 Å². The first-order valence-corrected chi connectivity index (χ1v) is 8.68. The predicted molar refractivity (Wildman–Crippen MR) is 104 cm³/mol. The van der Waals surface area contributed by atoms with Crippen molar-refractivity contribution in [2.75, 3.05) is 13.7 Å². The number of benzene rings is 3. The maximum absolute atomic E-state index is 12.2. The Morgan fingerprint density at radius 3 is 2.50 bits per heavy atom. The first-order chi connectivity index (χ1) is 12.5. The molecular formula is C21H20ClNO3. The molecule has 1 N–H and O–H groups in total. The molecule has 0 saturated heterocycles. The normalized spacial score (nSPS) is 11.8. The van der Waals surface area contributed by atoms with Gasteiger partial charge in [-0.15, -0.1) is 0 Å². The largest absolute Gasteiger partial charge is 0.497 e. The predicted octanol–water partition coefficient (Wildman–Crippen LogP) is 4.76. The fraction of sp³-hybridized carbons (Fsp3) is 0.190. The highest BCUT2D eigenvalue weighted by molar-refractivity contribution is 6.30. The number of carbonyl (C=O) groups excluding carboxylic acids is 1. The van der Waals surface area contributed by atoms with Crippen molar-refractivity contribution in [1.29, 1.82) is 0 Å². The van der Waals surface area contributed by atoms with E-state index in [1.165, 1.54) is 0 Å². The smallest absolute Gasteiger partial charge is 0.258 e. The van der Waals surface area contributed by atoms with Gasteiger partial charge in [-0.3, -0.25) is 4.79 Å². The van der Waals surface area contributed by atoms with Crippen LogP contribution in [0.5, 0.6) is 11.5 Å². The van der Waals surface area contributed by atoms with E-state index in [2.05, 4.69) is 5.32 Å². The van der Waals surface area contributed by atoms with E-state index in [4.69, 9.17) is 21.1 Å². The topological polar surface area (TPSA) is 47.6 Å². The third-order valence-electron chi connectivity index (χ3n) is 4.11. The van der Waals surface area contributed by atoms with Crippen molar-refractivity contribution < 1.29 is 14.3 Å². The second-order valence-corrected chi connectivity index (χ2v) is 6.44. The van der Waals surface area contributed by atoms with Gasteiger partial charge in [0.2, 0.25) is 0 Å². The summed E-state index contributed by atoms with van der Waals surface area (Å²) in [6.07, 6.45) is 0. The van der Waals surface area contributed by atoms with Gasteiger partial charge in [0.05, 0.1) is 13.2 Å². The lowest BCUT2D eigenvalue weighted by Gasteiger charge is -2.15. The zero-order valence-corrected chi connectivity index (χ0v) is 15.4. The van der Waals surface area contributed by atoms with E-state index in [-0.39, 0.29) is 18.6 Å². The number of hydrogen-bond acceptors (Lipinski definition) is 3. The van der Waals surface area contributed by atoms with Crippen LogP contribution < -0.4 is 14.8 Å². The zero-order valence-electron chi connectivity index (χ0n) is 14.7. The first kappa shape index (κ1) is 18.1. The van der Waals surface area contributed by atoms with Crippen LogP contribution in [-0.2, 0) is 4.79 Å². The van der Waals surface area contributed by atoms with Crippen molar-refractivity contribution >= 4 is 28.3 Å². The number of carbonyl (C=O) groups is 1. The van der Waals surface area contributed by atoms with E-state index >= 15 is 0 Å². The molecule has 1 atom stereocenters. The van der Waals surface area contributed by atoms with Crippen molar-refractivity contribution in [3.63, 3.8) is 0 Å². The number of halogens is 1. The molecule has 4 nitrogen and oxygen atoms in total. The average molecular weight is 370 g/mol. The number of fused-ring (bicyclic) bond motifs is 1. The number of hydrogen-bond donors (Lipinski definition) is 1. The van der Waals surface area contributed by atoms with Crippen LogP contribution in [0.25, 0.3) is 10.8 Å². The van der Waals surface area contributed by atoms with Crippen LogP contribution >= 0.6 is 11.6 Å². The van der Waals surface area contributed by atoms with E-state index in [9.17, 15) is 4.79 Å². The van der Waals surface area contributed by atoms with Gasteiger partial charge < -0.3 is 14.8 Å². The highest BCUT2D eigenvalue weighted by atomic mass is 35.5. The van der Waals surface area contributed by atoms with E-state index in [1.54, 1.807) is 13.2 Å². The van der Waals surface area contributed by atoms with Crippen LogP contribution in [0.3, 0.4) is 0 Å². The summed E-state index contributed by atoms with van der Waals surface area (Å²) in [7, 11) is 1.63. The Morgan fingerprint density at radius 2 is 1.77 bits per heavy atom. The Morgan fingerprint density at radius 1 is 1.04 bits per heavy atom. The molecule has 3 rings (SSSR count). The Labute approximate surface area is 157 Å². The fourth-order valence-electron chi connectivity index (χ4n) is 2.71. The first-order valence-electron chi connectivity index (χ1n) is 8.30. The molecule has 0 aliphatic heterocycles. The summed E-state index contributed by atoms with van der Waals surface area (Å²) in [5.41, 5.74) is 0.948. The van der Waals surface area contributed by atoms with Crippen molar-refractivity contribution in [3.05, 3.63) is 71.2 Å². The Bertz CT molecular complexity index is 926. The molecule has 0 bridgehead atoms. The third-order valence-corrected chi connectivity index (χ3v) is 4.35. The molecule has 0 fully saturated rings. The number of ether oxygens (including phenoxy) is 2. The molecule has 26 heavy (non-hydrogen) atoms. The van der Waals surface area contributed by atoms with E-state index < -0.39 is 0 Å². The molecule has 3 aromatic carbocycles. The van der Waals surface area contributed by atoms with Crippen LogP contribution in [0.4, 0.5) is 0 Å². The zero-order chi connectivity index (χ0) is 18.5. The summed E-state index contributed by atoms with van der Waals surface area (Å²) in [6.45, 7) is 1.85. The Balaban J connectivity index is 1.61.